The van der Waals surface area contributed by atoms with Crippen molar-refractivity contribution < 1.29 is 14.7 Å². The van der Waals surface area contributed by atoms with Gasteiger partial charge in [0.15, 0.2) is 0 Å². The van der Waals surface area contributed by atoms with Crippen molar-refractivity contribution in [3.63, 3.8) is 0 Å². The summed E-state index contributed by atoms with van der Waals surface area (Å²) in [7, 11) is 0. The zero-order valence-electron chi connectivity index (χ0n) is 13.6. The van der Waals surface area contributed by atoms with Gasteiger partial charge < -0.3 is 15.3 Å². The summed E-state index contributed by atoms with van der Waals surface area (Å²) in [6, 6.07) is 9.69. The molecule has 0 aliphatic rings. The average Bonchev–Trinajstić information content (AvgIpc) is 2.42. The van der Waals surface area contributed by atoms with E-state index in [2.05, 4.69) is 26.1 Å². The lowest BCUT2D eigenvalue weighted by Gasteiger charge is -2.30. The molecule has 0 saturated carbocycles. The summed E-state index contributed by atoms with van der Waals surface area (Å²) in [5.74, 6) is -0.843. The molecule has 0 fully saturated rings. The van der Waals surface area contributed by atoms with Crippen LogP contribution in [0.4, 0.5) is 4.79 Å². The van der Waals surface area contributed by atoms with Crippen molar-refractivity contribution >= 4 is 12.0 Å². The van der Waals surface area contributed by atoms with Crippen LogP contribution in [0.2, 0.25) is 0 Å². The number of urea groups is 1. The van der Waals surface area contributed by atoms with Crippen LogP contribution < -0.4 is 5.32 Å². The van der Waals surface area contributed by atoms with E-state index in [0.29, 0.717) is 26.1 Å². The number of hydrogen-bond acceptors (Lipinski definition) is 2. The first-order chi connectivity index (χ1) is 10.3. The molecule has 0 aliphatic carbocycles. The molecule has 0 saturated heterocycles. The van der Waals surface area contributed by atoms with E-state index in [4.69, 9.17) is 5.11 Å². The Morgan fingerprint density at radius 2 is 1.82 bits per heavy atom. The Bertz CT molecular complexity index is 480. The molecule has 1 aromatic rings. The van der Waals surface area contributed by atoms with Crippen molar-refractivity contribution in [2.24, 2.45) is 5.41 Å². The Morgan fingerprint density at radius 1 is 1.18 bits per heavy atom. The van der Waals surface area contributed by atoms with Gasteiger partial charge in [-0.2, -0.15) is 0 Å². The monoisotopic (exact) mass is 306 g/mol. The van der Waals surface area contributed by atoms with Gasteiger partial charge in [-0.25, -0.2) is 4.79 Å². The maximum absolute atomic E-state index is 12.3. The van der Waals surface area contributed by atoms with Gasteiger partial charge in [0.2, 0.25) is 0 Å². The lowest BCUT2D eigenvalue weighted by molar-refractivity contribution is -0.137. The molecule has 0 atom stereocenters. The summed E-state index contributed by atoms with van der Waals surface area (Å²) in [5, 5.41) is 11.4. The molecule has 1 aromatic carbocycles. The van der Waals surface area contributed by atoms with Crippen LogP contribution in [0, 0.1) is 5.41 Å². The number of carbonyl (C=O) groups is 2. The van der Waals surface area contributed by atoms with Crippen molar-refractivity contribution in [2.75, 3.05) is 13.1 Å². The van der Waals surface area contributed by atoms with Gasteiger partial charge in [0.05, 0.1) is 0 Å². The lowest BCUT2D eigenvalue weighted by atomic mass is 9.96. The molecule has 5 nitrogen and oxygen atoms in total. The number of carboxylic acids is 1. The predicted molar refractivity (Wildman–Crippen MR) is 86.6 cm³/mol. The first kappa shape index (κ1) is 18.0. The second-order valence-electron chi connectivity index (χ2n) is 6.63. The molecule has 0 aliphatic heterocycles. The summed E-state index contributed by atoms with van der Waals surface area (Å²) in [4.78, 5) is 24.6. The molecular formula is C17H26N2O3. The Balaban J connectivity index is 2.60. The SMILES string of the molecule is CC(C)(C)CN(Cc1ccccc1)C(=O)NCCCC(=O)O. The number of nitrogens with zero attached hydrogens (tertiary/aromatic N) is 1. The standard InChI is InChI=1S/C17H26N2O3/c1-17(2,3)13-19(12-14-8-5-4-6-9-14)16(22)18-11-7-10-15(20)21/h4-6,8-9H,7,10-13H2,1-3H3,(H,18,22)(H,20,21). The number of rotatable bonds is 7. The Labute approximate surface area is 132 Å². The largest absolute Gasteiger partial charge is 0.481 e. The minimum atomic E-state index is -0.843. The number of benzene rings is 1. The van der Waals surface area contributed by atoms with Gasteiger partial charge in [0, 0.05) is 26.1 Å². The van der Waals surface area contributed by atoms with Crippen molar-refractivity contribution in [3.05, 3.63) is 35.9 Å². The van der Waals surface area contributed by atoms with Gasteiger partial charge in [-0.15, -0.1) is 0 Å². The molecule has 0 spiro atoms. The highest BCUT2D eigenvalue weighted by Crippen LogP contribution is 2.17. The molecular weight excluding hydrogens is 280 g/mol. The van der Waals surface area contributed by atoms with Crippen molar-refractivity contribution in [1.82, 2.24) is 10.2 Å². The lowest BCUT2D eigenvalue weighted by Crippen LogP contribution is -2.43. The van der Waals surface area contributed by atoms with Gasteiger partial charge in [-0.05, 0) is 17.4 Å². The quantitative estimate of drug-likeness (QED) is 0.760. The van der Waals surface area contributed by atoms with Gasteiger partial charge in [0.1, 0.15) is 0 Å². The molecule has 0 bridgehead atoms. The summed E-state index contributed by atoms with van der Waals surface area (Å²) in [6.45, 7) is 7.81. The van der Waals surface area contributed by atoms with Crippen molar-refractivity contribution in [1.29, 1.82) is 0 Å². The summed E-state index contributed by atoms with van der Waals surface area (Å²) in [5.41, 5.74) is 1.07. The van der Waals surface area contributed by atoms with Crippen LogP contribution >= 0.6 is 0 Å². The van der Waals surface area contributed by atoms with Crippen molar-refractivity contribution in [3.8, 4) is 0 Å². The topological polar surface area (TPSA) is 69.6 Å². The Hall–Kier alpha value is -2.04. The number of aliphatic carboxylic acids is 1. The van der Waals surface area contributed by atoms with E-state index in [9.17, 15) is 9.59 Å². The number of hydrogen-bond donors (Lipinski definition) is 2. The predicted octanol–water partition coefficient (Wildman–Crippen LogP) is 3.11. The van der Waals surface area contributed by atoms with Crippen LogP contribution in [0.15, 0.2) is 30.3 Å². The van der Waals surface area contributed by atoms with Gasteiger partial charge in [-0.1, -0.05) is 51.1 Å². The number of carbonyl (C=O) groups excluding carboxylic acids is 1. The van der Waals surface area contributed by atoms with E-state index in [-0.39, 0.29) is 17.9 Å². The van der Waals surface area contributed by atoms with E-state index >= 15 is 0 Å². The van der Waals surface area contributed by atoms with Gasteiger partial charge in [0.25, 0.3) is 0 Å². The van der Waals surface area contributed by atoms with Gasteiger partial charge in [-0.3, -0.25) is 4.79 Å². The van der Waals surface area contributed by atoms with Crippen LogP contribution in [0.3, 0.4) is 0 Å². The summed E-state index contributed by atoms with van der Waals surface area (Å²) < 4.78 is 0. The van der Waals surface area contributed by atoms with Crippen LogP contribution in [0.5, 0.6) is 0 Å². The second kappa shape index (κ2) is 8.41. The van der Waals surface area contributed by atoms with E-state index in [1.807, 2.05) is 30.3 Å². The minimum absolute atomic E-state index is 0.00676. The highest BCUT2D eigenvalue weighted by Gasteiger charge is 2.21. The Morgan fingerprint density at radius 3 is 2.36 bits per heavy atom. The fraction of sp³-hybridized carbons (Fsp3) is 0.529. The first-order valence-electron chi connectivity index (χ1n) is 7.56. The maximum Gasteiger partial charge on any atom is 0.317 e. The molecule has 22 heavy (non-hydrogen) atoms. The molecule has 0 radical (unpaired) electrons. The highest BCUT2D eigenvalue weighted by atomic mass is 16.4. The first-order valence-corrected chi connectivity index (χ1v) is 7.56. The molecule has 0 unspecified atom stereocenters. The maximum atomic E-state index is 12.3. The second-order valence-corrected chi connectivity index (χ2v) is 6.63. The van der Waals surface area contributed by atoms with E-state index in [1.54, 1.807) is 4.90 Å². The number of carboxylic acid groups (broad SMARTS) is 1. The van der Waals surface area contributed by atoms with Crippen LogP contribution in [-0.2, 0) is 11.3 Å². The third kappa shape index (κ3) is 7.67. The zero-order chi connectivity index (χ0) is 16.6. The van der Waals surface area contributed by atoms with E-state index in [1.165, 1.54) is 0 Å². The minimum Gasteiger partial charge on any atom is -0.481 e. The Kier molecular flexibility index (Phi) is 6.89. The third-order valence-corrected chi connectivity index (χ3v) is 3.01. The van der Waals surface area contributed by atoms with E-state index < -0.39 is 5.97 Å². The summed E-state index contributed by atoms with van der Waals surface area (Å²) >= 11 is 0. The fourth-order valence-corrected chi connectivity index (χ4v) is 2.12. The highest BCUT2D eigenvalue weighted by molar-refractivity contribution is 5.74. The zero-order valence-corrected chi connectivity index (χ0v) is 13.6. The smallest absolute Gasteiger partial charge is 0.317 e. The molecule has 122 valence electrons. The number of nitrogens with one attached hydrogen (secondary N) is 1. The number of amides is 2. The van der Waals surface area contributed by atoms with Crippen molar-refractivity contribution in [2.45, 2.75) is 40.2 Å². The van der Waals surface area contributed by atoms with Crippen LogP contribution in [-0.4, -0.2) is 35.1 Å². The fourth-order valence-electron chi connectivity index (χ4n) is 2.12. The molecule has 2 N–H and O–H groups in total. The average molecular weight is 306 g/mol. The molecule has 2 amide bonds. The molecule has 1 rings (SSSR count). The normalized spacial score (nSPS) is 11.0. The van der Waals surface area contributed by atoms with Gasteiger partial charge >= 0.3 is 12.0 Å². The molecule has 5 heteroatoms. The van der Waals surface area contributed by atoms with Crippen LogP contribution in [0.25, 0.3) is 0 Å². The summed E-state index contributed by atoms with van der Waals surface area (Å²) in [6.07, 6.45) is 0.508. The van der Waals surface area contributed by atoms with E-state index in [0.717, 1.165) is 5.56 Å². The molecule has 0 aromatic heterocycles. The third-order valence-electron chi connectivity index (χ3n) is 3.01. The van der Waals surface area contributed by atoms with Crippen LogP contribution in [0.1, 0.15) is 39.2 Å². The molecule has 0 heterocycles.